The third kappa shape index (κ3) is 4.32. The molecule has 0 unspecified atom stereocenters. The molecule has 2 heterocycles. The van der Waals surface area contributed by atoms with Gasteiger partial charge in [-0.3, -0.25) is 14.9 Å². The van der Waals surface area contributed by atoms with E-state index < -0.39 is 20.6 Å². The van der Waals surface area contributed by atoms with E-state index in [2.05, 4.69) is 0 Å². The molecule has 0 bridgehead atoms. The molecule has 0 radical (unpaired) electrons. The fourth-order valence-electron chi connectivity index (χ4n) is 3.65. The summed E-state index contributed by atoms with van der Waals surface area (Å²) in [7, 11) is -4.02. The Bertz CT molecular complexity index is 1110. The highest BCUT2D eigenvalue weighted by Crippen LogP contribution is 2.33. The summed E-state index contributed by atoms with van der Waals surface area (Å²) >= 11 is 0. The lowest BCUT2D eigenvalue weighted by Crippen LogP contribution is -2.50. The Morgan fingerprint density at radius 3 is 2.48 bits per heavy atom. The van der Waals surface area contributed by atoms with Crippen molar-refractivity contribution in [1.82, 2.24) is 9.21 Å². The summed E-state index contributed by atoms with van der Waals surface area (Å²) < 4.78 is 37.6. The summed E-state index contributed by atoms with van der Waals surface area (Å²) in [6, 6.07) is 10.8. The summed E-state index contributed by atoms with van der Waals surface area (Å²) in [5.74, 6) is 1.28. The Kier molecular flexibility index (Phi) is 5.79. The van der Waals surface area contributed by atoms with Gasteiger partial charge in [0.2, 0.25) is 22.7 Å². The molecule has 0 atom stereocenters. The van der Waals surface area contributed by atoms with Crippen molar-refractivity contribution in [3.8, 4) is 11.5 Å². The van der Waals surface area contributed by atoms with Gasteiger partial charge in [0.1, 0.15) is 0 Å². The van der Waals surface area contributed by atoms with Crippen LogP contribution in [0, 0.1) is 10.1 Å². The molecule has 164 valence electrons. The Labute approximate surface area is 179 Å². The first-order valence-electron chi connectivity index (χ1n) is 9.76. The smallest absolute Gasteiger partial charge is 0.289 e. The van der Waals surface area contributed by atoms with Crippen LogP contribution in [0.3, 0.4) is 0 Å². The summed E-state index contributed by atoms with van der Waals surface area (Å²) in [5.41, 5.74) is 0.500. The molecule has 2 aromatic rings. The average Bonchev–Trinajstić information content (AvgIpc) is 3.25. The van der Waals surface area contributed by atoms with Crippen molar-refractivity contribution in [1.29, 1.82) is 0 Å². The van der Waals surface area contributed by atoms with Crippen molar-refractivity contribution in [3.05, 3.63) is 58.1 Å². The van der Waals surface area contributed by atoms with Crippen LogP contribution >= 0.6 is 0 Å². The van der Waals surface area contributed by atoms with Crippen molar-refractivity contribution in [2.24, 2.45) is 0 Å². The molecule has 0 spiro atoms. The van der Waals surface area contributed by atoms with Gasteiger partial charge in [0, 0.05) is 38.7 Å². The zero-order chi connectivity index (χ0) is 22.0. The third-order valence-corrected chi connectivity index (χ3v) is 7.28. The highest BCUT2D eigenvalue weighted by Gasteiger charge is 2.34. The Hall–Kier alpha value is -3.18. The summed E-state index contributed by atoms with van der Waals surface area (Å²) in [5, 5.41) is 11.2. The van der Waals surface area contributed by atoms with Gasteiger partial charge in [-0.15, -0.1) is 0 Å². The molecule has 2 aliphatic heterocycles. The number of amides is 1. The maximum Gasteiger partial charge on any atom is 0.289 e. The van der Waals surface area contributed by atoms with Gasteiger partial charge in [-0.2, -0.15) is 4.31 Å². The highest BCUT2D eigenvalue weighted by molar-refractivity contribution is 7.89. The minimum Gasteiger partial charge on any atom is -0.454 e. The number of benzene rings is 2. The largest absolute Gasteiger partial charge is 0.454 e. The Balaban J connectivity index is 1.35. The van der Waals surface area contributed by atoms with Crippen LogP contribution in [0.25, 0.3) is 0 Å². The second kappa shape index (κ2) is 8.52. The number of piperazine rings is 1. The minimum absolute atomic E-state index is 0.0691. The number of hydrogen-bond acceptors (Lipinski definition) is 7. The summed E-state index contributed by atoms with van der Waals surface area (Å²) in [6.45, 7) is 0.838. The molecular formula is C20H21N3O7S. The van der Waals surface area contributed by atoms with Crippen LogP contribution in [0.5, 0.6) is 11.5 Å². The number of hydrogen-bond donors (Lipinski definition) is 0. The molecule has 1 saturated heterocycles. The van der Waals surface area contributed by atoms with Crippen molar-refractivity contribution >= 4 is 21.6 Å². The zero-order valence-corrected chi connectivity index (χ0v) is 17.4. The minimum atomic E-state index is -4.02. The fourth-order valence-corrected chi connectivity index (χ4v) is 5.23. The second-order valence-electron chi connectivity index (χ2n) is 7.20. The van der Waals surface area contributed by atoms with E-state index >= 15 is 0 Å². The van der Waals surface area contributed by atoms with Gasteiger partial charge >= 0.3 is 0 Å². The number of para-hydroxylation sites is 1. The number of ether oxygens (including phenoxy) is 2. The molecule has 1 amide bonds. The molecule has 10 nitrogen and oxygen atoms in total. The number of nitrogens with zero attached hydrogens (tertiary/aromatic N) is 3. The number of carbonyl (C=O) groups excluding carboxylic acids is 1. The molecular weight excluding hydrogens is 426 g/mol. The molecule has 0 aromatic heterocycles. The van der Waals surface area contributed by atoms with Crippen LogP contribution in [0.1, 0.15) is 12.0 Å². The number of carbonyl (C=O) groups is 1. The van der Waals surface area contributed by atoms with E-state index in [-0.39, 0.29) is 50.2 Å². The van der Waals surface area contributed by atoms with Crippen LogP contribution < -0.4 is 9.47 Å². The topological polar surface area (TPSA) is 119 Å². The van der Waals surface area contributed by atoms with Crippen molar-refractivity contribution in [3.63, 3.8) is 0 Å². The van der Waals surface area contributed by atoms with Crippen LogP contribution in [-0.2, 0) is 21.2 Å². The quantitative estimate of drug-likeness (QED) is 0.489. The van der Waals surface area contributed by atoms with Crippen LogP contribution in [-0.4, -0.2) is 61.4 Å². The first-order valence-corrected chi connectivity index (χ1v) is 11.2. The van der Waals surface area contributed by atoms with Gasteiger partial charge in [-0.1, -0.05) is 18.2 Å². The van der Waals surface area contributed by atoms with Gasteiger partial charge < -0.3 is 14.4 Å². The zero-order valence-electron chi connectivity index (χ0n) is 16.6. The third-order valence-electron chi connectivity index (χ3n) is 5.34. The van der Waals surface area contributed by atoms with Crippen LogP contribution in [0.4, 0.5) is 5.69 Å². The van der Waals surface area contributed by atoms with E-state index in [9.17, 15) is 23.3 Å². The number of rotatable bonds is 6. The molecule has 4 rings (SSSR count). The molecule has 11 heteroatoms. The van der Waals surface area contributed by atoms with Gasteiger partial charge in [-0.05, 0) is 30.2 Å². The number of sulfonamides is 1. The van der Waals surface area contributed by atoms with E-state index in [1.54, 1.807) is 4.90 Å². The summed E-state index contributed by atoms with van der Waals surface area (Å²) in [4.78, 5) is 24.4. The van der Waals surface area contributed by atoms with E-state index in [0.29, 0.717) is 17.9 Å². The highest BCUT2D eigenvalue weighted by atomic mass is 32.2. The van der Waals surface area contributed by atoms with E-state index in [0.717, 1.165) is 5.56 Å². The number of aryl methyl sites for hydroxylation is 1. The van der Waals surface area contributed by atoms with E-state index in [4.69, 9.17) is 9.47 Å². The number of fused-ring (bicyclic) bond motifs is 1. The standard InChI is InChI=1S/C20H21N3O7S/c24-20(8-6-15-5-7-17-18(13-15)30-14-29-17)21-9-11-22(12-10-21)31(27,28)19-4-2-1-3-16(19)23(25)26/h1-5,7,13H,6,8-12,14H2. The number of nitro groups is 1. The molecule has 0 saturated carbocycles. The Morgan fingerprint density at radius 1 is 1.03 bits per heavy atom. The summed E-state index contributed by atoms with van der Waals surface area (Å²) in [6.07, 6.45) is 0.820. The molecule has 0 aliphatic carbocycles. The second-order valence-corrected chi connectivity index (χ2v) is 9.10. The van der Waals surface area contributed by atoms with Crippen molar-refractivity contribution < 1.29 is 27.6 Å². The maximum atomic E-state index is 12.9. The van der Waals surface area contributed by atoms with Crippen LogP contribution in [0.15, 0.2) is 47.4 Å². The van der Waals surface area contributed by atoms with Crippen molar-refractivity contribution in [2.75, 3.05) is 33.0 Å². The molecule has 2 aromatic carbocycles. The predicted molar refractivity (Wildman–Crippen MR) is 109 cm³/mol. The van der Waals surface area contributed by atoms with Crippen molar-refractivity contribution in [2.45, 2.75) is 17.7 Å². The Morgan fingerprint density at radius 2 is 1.74 bits per heavy atom. The lowest BCUT2D eigenvalue weighted by atomic mass is 10.1. The van der Waals surface area contributed by atoms with Gasteiger partial charge in [-0.25, -0.2) is 8.42 Å². The number of nitro benzene ring substituents is 1. The van der Waals surface area contributed by atoms with Gasteiger partial charge in [0.15, 0.2) is 16.4 Å². The lowest BCUT2D eigenvalue weighted by molar-refractivity contribution is -0.387. The molecule has 2 aliphatic rings. The monoisotopic (exact) mass is 447 g/mol. The normalized spacial score (nSPS) is 16.3. The van der Waals surface area contributed by atoms with Crippen LogP contribution in [0.2, 0.25) is 0 Å². The van der Waals surface area contributed by atoms with E-state index in [1.165, 1.54) is 28.6 Å². The average molecular weight is 447 g/mol. The molecule has 1 fully saturated rings. The fraction of sp³-hybridized carbons (Fsp3) is 0.350. The first-order chi connectivity index (χ1) is 14.9. The lowest BCUT2D eigenvalue weighted by Gasteiger charge is -2.34. The van der Waals surface area contributed by atoms with Gasteiger partial charge in [0.05, 0.1) is 4.92 Å². The first kappa shape index (κ1) is 21.1. The molecule has 0 N–H and O–H groups in total. The predicted octanol–water partition coefficient (Wildman–Crippen LogP) is 1.79. The molecule has 31 heavy (non-hydrogen) atoms. The van der Waals surface area contributed by atoms with Gasteiger partial charge in [0.25, 0.3) is 5.69 Å². The van der Waals surface area contributed by atoms with E-state index in [1.807, 2.05) is 18.2 Å². The maximum absolute atomic E-state index is 12.9. The SMILES string of the molecule is O=C(CCc1ccc2c(c1)OCO2)N1CCN(S(=O)(=O)c2ccccc2[N+](=O)[O-])CC1.